The second-order valence-electron chi connectivity index (χ2n) is 6.11. The van der Waals surface area contributed by atoms with E-state index in [-0.39, 0.29) is 5.91 Å². The van der Waals surface area contributed by atoms with Gasteiger partial charge in [-0.05, 0) is 37.1 Å². The van der Waals surface area contributed by atoms with Gasteiger partial charge in [0.15, 0.2) is 5.69 Å². The number of hydrogen-bond acceptors (Lipinski definition) is 4. The molecule has 0 atom stereocenters. The van der Waals surface area contributed by atoms with Gasteiger partial charge in [-0.2, -0.15) is 5.10 Å². The smallest absolute Gasteiger partial charge is 0.276 e. The molecule has 126 valence electrons. The van der Waals surface area contributed by atoms with E-state index in [0.717, 1.165) is 18.5 Å². The highest BCUT2D eigenvalue weighted by Gasteiger charge is 2.26. The first-order valence-corrected chi connectivity index (χ1v) is 8.41. The van der Waals surface area contributed by atoms with Crippen LogP contribution in [0.1, 0.15) is 34.9 Å². The Bertz CT molecular complexity index is 934. The van der Waals surface area contributed by atoms with Crippen molar-refractivity contribution in [3.05, 3.63) is 59.4 Å². The van der Waals surface area contributed by atoms with Crippen LogP contribution in [0.25, 0.3) is 11.1 Å². The van der Waals surface area contributed by atoms with Crippen molar-refractivity contribution >= 4 is 23.2 Å². The van der Waals surface area contributed by atoms with Crippen molar-refractivity contribution in [1.29, 1.82) is 0 Å². The predicted molar refractivity (Wildman–Crippen MR) is 95.6 cm³/mol. The van der Waals surface area contributed by atoms with E-state index in [0.29, 0.717) is 33.6 Å². The number of aryl methyl sites for hydroxylation is 1. The summed E-state index contributed by atoms with van der Waals surface area (Å²) in [6.45, 7) is 0. The summed E-state index contributed by atoms with van der Waals surface area (Å²) in [5.74, 6) is 0.208. The quantitative estimate of drug-likeness (QED) is 0.726. The lowest BCUT2D eigenvalue weighted by molar-refractivity contribution is 0.102. The van der Waals surface area contributed by atoms with Crippen molar-refractivity contribution in [1.82, 2.24) is 19.7 Å². The van der Waals surface area contributed by atoms with Gasteiger partial charge in [-0.1, -0.05) is 11.6 Å². The first kappa shape index (κ1) is 15.8. The Morgan fingerprint density at radius 2 is 2.12 bits per heavy atom. The highest BCUT2D eigenvalue weighted by molar-refractivity contribution is 6.32. The van der Waals surface area contributed by atoms with Crippen LogP contribution in [0.5, 0.6) is 0 Å². The number of rotatable bonds is 4. The molecule has 1 N–H and O–H groups in total. The summed E-state index contributed by atoms with van der Waals surface area (Å²) in [5.41, 5.74) is 3.28. The first-order valence-electron chi connectivity index (χ1n) is 8.03. The SMILES string of the molecule is Cn1cc(-c2ccc(C3CC3)nc2Cl)c(C(=O)Nc2cccnc2)n1. The van der Waals surface area contributed by atoms with Gasteiger partial charge in [0.2, 0.25) is 0 Å². The maximum absolute atomic E-state index is 12.6. The van der Waals surface area contributed by atoms with Crippen molar-refractivity contribution in [2.45, 2.75) is 18.8 Å². The number of nitrogens with zero attached hydrogens (tertiary/aromatic N) is 4. The number of carbonyl (C=O) groups excluding carboxylic acids is 1. The van der Waals surface area contributed by atoms with Gasteiger partial charge >= 0.3 is 0 Å². The molecule has 0 aromatic carbocycles. The first-order chi connectivity index (χ1) is 12.1. The van der Waals surface area contributed by atoms with E-state index in [1.165, 1.54) is 0 Å². The molecule has 4 rings (SSSR count). The van der Waals surface area contributed by atoms with E-state index < -0.39 is 0 Å². The molecule has 0 saturated heterocycles. The number of halogens is 1. The van der Waals surface area contributed by atoms with E-state index in [1.54, 1.807) is 42.5 Å². The number of carbonyl (C=O) groups is 1. The van der Waals surface area contributed by atoms with Crippen LogP contribution in [0.4, 0.5) is 5.69 Å². The van der Waals surface area contributed by atoms with E-state index in [4.69, 9.17) is 11.6 Å². The van der Waals surface area contributed by atoms with Crippen LogP contribution in [0.3, 0.4) is 0 Å². The second-order valence-corrected chi connectivity index (χ2v) is 6.47. The normalized spacial score (nSPS) is 13.7. The Balaban J connectivity index is 1.68. The Hall–Kier alpha value is -2.73. The Labute approximate surface area is 149 Å². The molecule has 0 aliphatic heterocycles. The Morgan fingerprint density at radius 1 is 1.28 bits per heavy atom. The summed E-state index contributed by atoms with van der Waals surface area (Å²) < 4.78 is 1.60. The van der Waals surface area contributed by atoms with Gasteiger partial charge in [0.05, 0.1) is 11.9 Å². The Morgan fingerprint density at radius 3 is 2.80 bits per heavy atom. The van der Waals surface area contributed by atoms with E-state index in [2.05, 4.69) is 20.4 Å². The van der Waals surface area contributed by atoms with Crippen molar-refractivity contribution < 1.29 is 4.79 Å². The molecule has 0 spiro atoms. The van der Waals surface area contributed by atoms with E-state index >= 15 is 0 Å². The van der Waals surface area contributed by atoms with Gasteiger partial charge in [-0.25, -0.2) is 4.98 Å². The van der Waals surface area contributed by atoms with Gasteiger partial charge < -0.3 is 5.32 Å². The van der Waals surface area contributed by atoms with Gasteiger partial charge in [0, 0.05) is 42.2 Å². The summed E-state index contributed by atoms with van der Waals surface area (Å²) in [4.78, 5) is 21.1. The summed E-state index contributed by atoms with van der Waals surface area (Å²) in [6, 6.07) is 7.42. The van der Waals surface area contributed by atoms with Crippen molar-refractivity contribution in [3.63, 3.8) is 0 Å². The van der Waals surface area contributed by atoms with E-state index in [1.807, 2.05) is 12.1 Å². The van der Waals surface area contributed by atoms with Crippen molar-refractivity contribution in [2.24, 2.45) is 7.05 Å². The average molecular weight is 354 g/mol. The summed E-state index contributed by atoms with van der Waals surface area (Å²) in [7, 11) is 1.77. The maximum atomic E-state index is 12.6. The molecule has 7 heteroatoms. The van der Waals surface area contributed by atoms with Crippen LogP contribution < -0.4 is 5.32 Å². The molecule has 1 aliphatic carbocycles. The number of amides is 1. The molecule has 1 aliphatic rings. The fourth-order valence-electron chi connectivity index (χ4n) is 2.74. The third kappa shape index (κ3) is 3.25. The summed E-state index contributed by atoms with van der Waals surface area (Å²) in [5, 5.41) is 7.49. The molecular formula is C18H16ClN5O. The van der Waals surface area contributed by atoms with Gasteiger partial charge in [-0.3, -0.25) is 14.5 Å². The lowest BCUT2D eigenvalue weighted by atomic mass is 10.1. The minimum absolute atomic E-state index is 0.300. The molecule has 0 bridgehead atoms. The highest BCUT2D eigenvalue weighted by atomic mass is 35.5. The highest BCUT2D eigenvalue weighted by Crippen LogP contribution is 2.40. The van der Waals surface area contributed by atoms with Gasteiger partial charge in [0.25, 0.3) is 5.91 Å². The monoisotopic (exact) mass is 353 g/mol. The predicted octanol–water partition coefficient (Wildman–Crippen LogP) is 3.66. The molecular weight excluding hydrogens is 338 g/mol. The van der Waals surface area contributed by atoms with E-state index in [9.17, 15) is 4.79 Å². The van der Waals surface area contributed by atoms with Crippen LogP contribution in [-0.4, -0.2) is 25.7 Å². The fraction of sp³-hybridized carbons (Fsp3) is 0.222. The third-order valence-electron chi connectivity index (χ3n) is 4.12. The van der Waals surface area contributed by atoms with Crippen LogP contribution in [0, 0.1) is 0 Å². The zero-order valence-electron chi connectivity index (χ0n) is 13.6. The molecule has 3 aromatic heterocycles. The lowest BCUT2D eigenvalue weighted by Crippen LogP contribution is -2.14. The topological polar surface area (TPSA) is 72.7 Å². The number of nitrogens with one attached hydrogen (secondary N) is 1. The molecule has 25 heavy (non-hydrogen) atoms. The minimum Gasteiger partial charge on any atom is -0.319 e. The van der Waals surface area contributed by atoms with Gasteiger partial charge in [-0.15, -0.1) is 0 Å². The second kappa shape index (κ2) is 6.29. The van der Waals surface area contributed by atoms with Gasteiger partial charge in [0.1, 0.15) is 5.15 Å². The molecule has 3 heterocycles. The largest absolute Gasteiger partial charge is 0.319 e. The number of hydrogen-bond donors (Lipinski definition) is 1. The standard InChI is InChI=1S/C18H16ClN5O/c1-24-10-14(13-6-7-15(11-4-5-11)22-17(13)19)16(23-24)18(25)21-12-3-2-8-20-9-12/h2-3,6-11H,4-5H2,1H3,(H,21,25). The summed E-state index contributed by atoms with van der Waals surface area (Å²) >= 11 is 6.39. The van der Waals surface area contributed by atoms with Crippen molar-refractivity contribution in [3.8, 4) is 11.1 Å². The lowest BCUT2D eigenvalue weighted by Gasteiger charge is -2.07. The summed E-state index contributed by atoms with van der Waals surface area (Å²) in [6.07, 6.45) is 7.33. The van der Waals surface area contributed by atoms with Crippen LogP contribution >= 0.6 is 11.6 Å². The van der Waals surface area contributed by atoms with Crippen LogP contribution in [0.2, 0.25) is 5.15 Å². The zero-order chi connectivity index (χ0) is 17.4. The van der Waals surface area contributed by atoms with Crippen molar-refractivity contribution in [2.75, 3.05) is 5.32 Å². The number of pyridine rings is 2. The fourth-order valence-corrected chi connectivity index (χ4v) is 3.00. The molecule has 0 radical (unpaired) electrons. The average Bonchev–Trinajstić information content (AvgIpc) is 3.38. The molecule has 1 fully saturated rings. The maximum Gasteiger partial charge on any atom is 0.276 e. The molecule has 1 amide bonds. The Kier molecular flexibility index (Phi) is 3.97. The number of aromatic nitrogens is 4. The molecule has 3 aromatic rings. The molecule has 6 nitrogen and oxygen atoms in total. The van der Waals surface area contributed by atoms with Crippen LogP contribution in [-0.2, 0) is 7.05 Å². The third-order valence-corrected chi connectivity index (χ3v) is 4.41. The minimum atomic E-state index is -0.314. The van der Waals surface area contributed by atoms with Crippen LogP contribution in [0.15, 0.2) is 42.9 Å². The zero-order valence-corrected chi connectivity index (χ0v) is 14.4. The number of anilines is 1. The molecule has 0 unspecified atom stereocenters. The molecule has 1 saturated carbocycles.